The van der Waals surface area contributed by atoms with Crippen molar-refractivity contribution >= 4 is 5.69 Å². The Morgan fingerprint density at radius 2 is 1.76 bits per heavy atom. The fourth-order valence-corrected chi connectivity index (χ4v) is 1.90. The Kier molecular flexibility index (Phi) is 3.33. The molecule has 17 heavy (non-hydrogen) atoms. The van der Waals surface area contributed by atoms with E-state index in [9.17, 15) is 0 Å². The standard InChI is InChI=1S/C15H17NO/c1-11-3-8-15(17-2)13(9-11)10-12-4-6-14(16)7-5-12/h3-9H,10,16H2,1-2H3. The molecule has 0 spiro atoms. The highest BCUT2D eigenvalue weighted by atomic mass is 16.5. The van der Waals surface area contributed by atoms with Gasteiger partial charge in [0.25, 0.3) is 0 Å². The lowest BCUT2D eigenvalue weighted by atomic mass is 10.0. The molecule has 2 N–H and O–H groups in total. The van der Waals surface area contributed by atoms with Gasteiger partial charge in [0.2, 0.25) is 0 Å². The molecule has 2 heteroatoms. The van der Waals surface area contributed by atoms with Crippen molar-refractivity contribution in [1.29, 1.82) is 0 Å². The van der Waals surface area contributed by atoms with Crippen molar-refractivity contribution in [2.24, 2.45) is 0 Å². The maximum absolute atomic E-state index is 5.68. The second-order valence-corrected chi connectivity index (χ2v) is 4.23. The van der Waals surface area contributed by atoms with Crippen molar-refractivity contribution in [2.75, 3.05) is 12.8 Å². The minimum atomic E-state index is 0.796. The molecule has 0 unspecified atom stereocenters. The third kappa shape index (κ3) is 2.78. The lowest BCUT2D eigenvalue weighted by molar-refractivity contribution is 0.410. The minimum absolute atomic E-state index is 0.796. The van der Waals surface area contributed by atoms with Gasteiger partial charge >= 0.3 is 0 Å². The Bertz CT molecular complexity index is 503. The van der Waals surface area contributed by atoms with Crippen LogP contribution in [-0.4, -0.2) is 7.11 Å². The van der Waals surface area contributed by atoms with Crippen molar-refractivity contribution in [2.45, 2.75) is 13.3 Å². The summed E-state index contributed by atoms with van der Waals surface area (Å²) in [5.41, 5.74) is 10.2. The fourth-order valence-electron chi connectivity index (χ4n) is 1.90. The molecular weight excluding hydrogens is 210 g/mol. The number of aryl methyl sites for hydroxylation is 1. The first-order chi connectivity index (χ1) is 8.19. The smallest absolute Gasteiger partial charge is 0.122 e. The van der Waals surface area contributed by atoms with E-state index in [4.69, 9.17) is 10.5 Å². The van der Waals surface area contributed by atoms with Gasteiger partial charge in [-0.3, -0.25) is 0 Å². The zero-order valence-electron chi connectivity index (χ0n) is 10.2. The SMILES string of the molecule is COc1ccc(C)cc1Cc1ccc(N)cc1. The molecule has 2 aromatic carbocycles. The van der Waals surface area contributed by atoms with Crippen LogP contribution in [0.2, 0.25) is 0 Å². The van der Waals surface area contributed by atoms with Crippen LogP contribution >= 0.6 is 0 Å². The van der Waals surface area contributed by atoms with Crippen molar-refractivity contribution in [3.8, 4) is 5.75 Å². The number of ether oxygens (including phenoxy) is 1. The first-order valence-corrected chi connectivity index (χ1v) is 5.67. The predicted molar refractivity (Wildman–Crippen MR) is 71.4 cm³/mol. The van der Waals surface area contributed by atoms with E-state index in [1.807, 2.05) is 18.2 Å². The van der Waals surface area contributed by atoms with Crippen LogP contribution in [0.3, 0.4) is 0 Å². The molecule has 0 amide bonds. The number of nitrogen functional groups attached to an aromatic ring is 1. The highest BCUT2D eigenvalue weighted by Gasteiger charge is 2.04. The van der Waals surface area contributed by atoms with Crippen LogP contribution < -0.4 is 10.5 Å². The quantitative estimate of drug-likeness (QED) is 0.817. The van der Waals surface area contributed by atoms with Gasteiger partial charge in [-0.05, 0) is 36.2 Å². The summed E-state index contributed by atoms with van der Waals surface area (Å²) in [4.78, 5) is 0. The third-order valence-corrected chi connectivity index (χ3v) is 2.81. The number of benzene rings is 2. The monoisotopic (exact) mass is 227 g/mol. The van der Waals surface area contributed by atoms with Gasteiger partial charge in [-0.1, -0.05) is 29.8 Å². The third-order valence-electron chi connectivity index (χ3n) is 2.81. The molecule has 0 radical (unpaired) electrons. The first kappa shape index (κ1) is 11.5. The summed E-state index contributed by atoms with van der Waals surface area (Å²) in [7, 11) is 1.71. The molecule has 2 aromatic rings. The maximum Gasteiger partial charge on any atom is 0.122 e. The van der Waals surface area contributed by atoms with Crippen molar-refractivity contribution in [3.05, 3.63) is 59.2 Å². The van der Waals surface area contributed by atoms with Crippen molar-refractivity contribution in [1.82, 2.24) is 0 Å². The van der Waals surface area contributed by atoms with Gasteiger partial charge in [-0.15, -0.1) is 0 Å². The molecule has 2 nitrogen and oxygen atoms in total. The number of nitrogens with two attached hydrogens (primary N) is 1. The first-order valence-electron chi connectivity index (χ1n) is 5.67. The van der Waals surface area contributed by atoms with E-state index >= 15 is 0 Å². The van der Waals surface area contributed by atoms with Crippen LogP contribution in [0.4, 0.5) is 5.69 Å². The van der Waals surface area contributed by atoms with E-state index in [0.29, 0.717) is 0 Å². The number of rotatable bonds is 3. The zero-order chi connectivity index (χ0) is 12.3. The summed E-state index contributed by atoms with van der Waals surface area (Å²) in [6, 6.07) is 14.2. The molecule has 0 saturated carbocycles. The lowest BCUT2D eigenvalue weighted by Crippen LogP contribution is -1.95. The molecule has 88 valence electrons. The molecule has 0 aliphatic heterocycles. The molecule has 0 aromatic heterocycles. The molecule has 0 bridgehead atoms. The van der Waals surface area contributed by atoms with Gasteiger partial charge in [0.15, 0.2) is 0 Å². The van der Waals surface area contributed by atoms with Crippen LogP contribution in [-0.2, 0) is 6.42 Å². The van der Waals surface area contributed by atoms with Crippen LogP contribution in [0, 0.1) is 6.92 Å². The molecule has 0 aliphatic carbocycles. The molecular formula is C15H17NO. The summed E-state index contributed by atoms with van der Waals surface area (Å²) in [5, 5.41) is 0. The van der Waals surface area contributed by atoms with Crippen LogP contribution in [0.15, 0.2) is 42.5 Å². The number of hydrogen-bond acceptors (Lipinski definition) is 2. The Morgan fingerprint density at radius 1 is 1.06 bits per heavy atom. The Labute approximate surface area is 102 Å². The van der Waals surface area contributed by atoms with E-state index in [1.165, 1.54) is 16.7 Å². The predicted octanol–water partition coefficient (Wildman–Crippen LogP) is 3.18. The van der Waals surface area contributed by atoms with Crippen LogP contribution in [0.1, 0.15) is 16.7 Å². The Hall–Kier alpha value is -1.96. The summed E-state index contributed by atoms with van der Waals surface area (Å²) < 4.78 is 5.37. The van der Waals surface area contributed by atoms with E-state index in [-0.39, 0.29) is 0 Å². The van der Waals surface area contributed by atoms with Gasteiger partial charge < -0.3 is 10.5 Å². The highest BCUT2D eigenvalue weighted by Crippen LogP contribution is 2.23. The van der Waals surface area contributed by atoms with Gasteiger partial charge in [0.05, 0.1) is 7.11 Å². The van der Waals surface area contributed by atoms with Crippen molar-refractivity contribution < 1.29 is 4.74 Å². The second-order valence-electron chi connectivity index (χ2n) is 4.23. The fraction of sp³-hybridized carbons (Fsp3) is 0.200. The van der Waals surface area contributed by atoms with Crippen LogP contribution in [0.25, 0.3) is 0 Å². The van der Waals surface area contributed by atoms with E-state index in [2.05, 4.69) is 31.2 Å². The van der Waals surface area contributed by atoms with Gasteiger partial charge in [-0.2, -0.15) is 0 Å². The average Bonchev–Trinajstić information content (AvgIpc) is 2.32. The number of hydrogen-bond donors (Lipinski definition) is 1. The van der Waals surface area contributed by atoms with E-state index in [1.54, 1.807) is 7.11 Å². The Morgan fingerprint density at radius 3 is 2.41 bits per heavy atom. The maximum atomic E-state index is 5.68. The summed E-state index contributed by atoms with van der Waals surface area (Å²) in [6.45, 7) is 2.09. The lowest BCUT2D eigenvalue weighted by Gasteiger charge is -2.09. The van der Waals surface area contributed by atoms with Crippen molar-refractivity contribution in [3.63, 3.8) is 0 Å². The molecule has 0 aliphatic rings. The highest BCUT2D eigenvalue weighted by molar-refractivity contribution is 5.43. The van der Waals surface area contributed by atoms with Gasteiger partial charge in [0.1, 0.15) is 5.75 Å². The largest absolute Gasteiger partial charge is 0.496 e. The van der Waals surface area contributed by atoms with Gasteiger partial charge in [0, 0.05) is 12.1 Å². The second kappa shape index (κ2) is 4.91. The average molecular weight is 227 g/mol. The topological polar surface area (TPSA) is 35.2 Å². The molecule has 0 atom stereocenters. The zero-order valence-corrected chi connectivity index (χ0v) is 10.2. The normalized spacial score (nSPS) is 10.2. The Balaban J connectivity index is 2.28. The number of anilines is 1. The number of methoxy groups -OCH3 is 1. The van der Waals surface area contributed by atoms with E-state index < -0.39 is 0 Å². The minimum Gasteiger partial charge on any atom is -0.496 e. The molecule has 0 saturated heterocycles. The molecule has 0 fully saturated rings. The van der Waals surface area contributed by atoms with Gasteiger partial charge in [-0.25, -0.2) is 0 Å². The van der Waals surface area contributed by atoms with Crippen LogP contribution in [0.5, 0.6) is 5.75 Å². The summed E-state index contributed by atoms with van der Waals surface area (Å²) in [5.74, 6) is 0.937. The summed E-state index contributed by atoms with van der Waals surface area (Å²) >= 11 is 0. The molecule has 2 rings (SSSR count). The molecule has 0 heterocycles. The summed E-state index contributed by atoms with van der Waals surface area (Å²) in [6.07, 6.45) is 0.866. The van der Waals surface area contributed by atoms with E-state index in [0.717, 1.165) is 17.9 Å².